The van der Waals surface area contributed by atoms with Crippen LogP contribution in [0.25, 0.3) is 22.4 Å². The molecule has 0 saturated heterocycles. The average molecular weight is 469 g/mol. The Morgan fingerprint density at radius 1 is 1.14 bits per heavy atom. The first-order valence-electron chi connectivity index (χ1n) is 5.63. The zero-order valence-electron chi connectivity index (χ0n) is 10.2. The van der Waals surface area contributed by atoms with Crippen LogP contribution < -0.4 is 5.73 Å². The Morgan fingerprint density at radius 2 is 1.90 bits per heavy atom. The van der Waals surface area contributed by atoms with Crippen molar-refractivity contribution in [3.05, 3.63) is 41.9 Å². The van der Waals surface area contributed by atoms with Gasteiger partial charge in [0.2, 0.25) is 5.88 Å². The number of hydrogen-bond donors (Lipinski definition) is 1. The standard InChI is InChI=1S/C13H6Br2Cl2N2OS/c14-9-4-7(12(15)21-9)11-10(13(18)20-19-11)6-2-1-5(16)3-8(6)17/h1-4H,18H2. The normalized spacial score (nSPS) is 11.0. The molecule has 0 unspecified atom stereocenters. The van der Waals surface area contributed by atoms with Gasteiger partial charge in [-0.1, -0.05) is 34.4 Å². The monoisotopic (exact) mass is 466 g/mol. The quantitative estimate of drug-likeness (QED) is 0.468. The summed E-state index contributed by atoms with van der Waals surface area (Å²) in [7, 11) is 0. The van der Waals surface area contributed by atoms with Gasteiger partial charge < -0.3 is 10.3 Å². The van der Waals surface area contributed by atoms with Crippen molar-refractivity contribution in [3.8, 4) is 22.4 Å². The molecule has 0 radical (unpaired) electrons. The molecule has 0 saturated carbocycles. The van der Waals surface area contributed by atoms with Crippen molar-refractivity contribution in [3.63, 3.8) is 0 Å². The van der Waals surface area contributed by atoms with Gasteiger partial charge in [-0.05, 0) is 50.1 Å². The van der Waals surface area contributed by atoms with Gasteiger partial charge in [0.25, 0.3) is 0 Å². The fraction of sp³-hybridized carbons (Fsp3) is 0. The number of aromatic nitrogens is 1. The van der Waals surface area contributed by atoms with Gasteiger partial charge in [0.05, 0.1) is 18.2 Å². The fourth-order valence-corrected chi connectivity index (χ4v) is 5.25. The number of benzene rings is 1. The maximum Gasteiger partial charge on any atom is 0.230 e. The third kappa shape index (κ3) is 2.87. The van der Waals surface area contributed by atoms with Gasteiger partial charge >= 0.3 is 0 Å². The van der Waals surface area contributed by atoms with E-state index in [1.54, 1.807) is 29.5 Å². The Bertz CT molecular complexity index is 832. The van der Waals surface area contributed by atoms with Crippen molar-refractivity contribution >= 4 is 72.3 Å². The Hall–Kier alpha value is -0.530. The van der Waals surface area contributed by atoms with E-state index >= 15 is 0 Å². The molecule has 0 aliphatic heterocycles. The van der Waals surface area contributed by atoms with E-state index in [0.29, 0.717) is 21.3 Å². The van der Waals surface area contributed by atoms with Crippen LogP contribution in [-0.4, -0.2) is 5.16 Å². The summed E-state index contributed by atoms with van der Waals surface area (Å²) in [6, 6.07) is 7.15. The molecule has 0 aliphatic rings. The predicted octanol–water partition coefficient (Wildman–Crippen LogP) is 6.48. The van der Waals surface area contributed by atoms with Crippen LogP contribution in [0.5, 0.6) is 0 Å². The first kappa shape index (κ1) is 15.4. The van der Waals surface area contributed by atoms with Crippen LogP contribution in [0.3, 0.4) is 0 Å². The lowest BCUT2D eigenvalue weighted by molar-refractivity contribution is 0.439. The highest BCUT2D eigenvalue weighted by Crippen LogP contribution is 2.45. The van der Waals surface area contributed by atoms with E-state index < -0.39 is 0 Å². The summed E-state index contributed by atoms with van der Waals surface area (Å²) < 4.78 is 7.06. The Labute approximate surface area is 151 Å². The molecule has 1 aromatic carbocycles. The minimum absolute atomic E-state index is 0.212. The second kappa shape index (κ2) is 5.93. The molecule has 0 bridgehead atoms. The number of anilines is 1. The maximum atomic E-state index is 6.27. The van der Waals surface area contributed by atoms with E-state index in [9.17, 15) is 0 Å². The first-order valence-corrected chi connectivity index (χ1v) is 8.79. The summed E-state index contributed by atoms with van der Waals surface area (Å²) >= 11 is 20.7. The van der Waals surface area contributed by atoms with Crippen molar-refractivity contribution in [2.75, 3.05) is 5.73 Å². The molecule has 0 spiro atoms. The summed E-state index contributed by atoms with van der Waals surface area (Å²) in [6.45, 7) is 0. The Kier molecular flexibility index (Phi) is 4.34. The number of nitrogen functional groups attached to an aromatic ring is 1. The van der Waals surface area contributed by atoms with Gasteiger partial charge in [0.15, 0.2) is 0 Å². The number of rotatable bonds is 2. The van der Waals surface area contributed by atoms with Crippen LogP contribution in [0.2, 0.25) is 10.0 Å². The highest BCUT2D eigenvalue weighted by Gasteiger charge is 2.22. The van der Waals surface area contributed by atoms with E-state index in [2.05, 4.69) is 37.0 Å². The van der Waals surface area contributed by atoms with Gasteiger partial charge in [0.1, 0.15) is 5.69 Å². The average Bonchev–Trinajstić information content (AvgIpc) is 2.93. The molecule has 0 aliphatic carbocycles. The molecule has 0 atom stereocenters. The molecule has 0 amide bonds. The van der Waals surface area contributed by atoms with Crippen molar-refractivity contribution in [1.82, 2.24) is 5.16 Å². The molecule has 8 heteroatoms. The summed E-state index contributed by atoms with van der Waals surface area (Å²) in [5.74, 6) is 0.212. The lowest BCUT2D eigenvalue weighted by Gasteiger charge is -2.05. The highest BCUT2D eigenvalue weighted by atomic mass is 79.9. The zero-order chi connectivity index (χ0) is 15.1. The van der Waals surface area contributed by atoms with Crippen molar-refractivity contribution in [2.24, 2.45) is 0 Å². The van der Waals surface area contributed by atoms with Crippen LogP contribution in [0, 0.1) is 0 Å². The van der Waals surface area contributed by atoms with Crippen LogP contribution in [0.15, 0.2) is 36.4 Å². The lowest BCUT2D eigenvalue weighted by Crippen LogP contribution is -1.88. The van der Waals surface area contributed by atoms with Gasteiger partial charge in [0, 0.05) is 16.1 Å². The number of nitrogens with zero attached hydrogens (tertiary/aromatic N) is 1. The van der Waals surface area contributed by atoms with Crippen LogP contribution in [0.1, 0.15) is 0 Å². The third-order valence-corrected chi connectivity index (χ3v) is 5.72. The summed E-state index contributed by atoms with van der Waals surface area (Å²) in [5.41, 5.74) is 8.82. The van der Waals surface area contributed by atoms with Crippen molar-refractivity contribution < 1.29 is 4.52 Å². The van der Waals surface area contributed by atoms with Crippen LogP contribution in [-0.2, 0) is 0 Å². The van der Waals surface area contributed by atoms with Crippen LogP contribution >= 0.6 is 66.4 Å². The Balaban J connectivity index is 2.24. The minimum Gasteiger partial charge on any atom is -0.367 e. The Morgan fingerprint density at radius 3 is 2.52 bits per heavy atom. The molecule has 21 heavy (non-hydrogen) atoms. The second-order valence-corrected chi connectivity index (χ2v) is 8.73. The minimum atomic E-state index is 0.212. The second-order valence-electron chi connectivity index (χ2n) is 4.13. The van der Waals surface area contributed by atoms with E-state index in [1.807, 2.05) is 6.07 Å². The van der Waals surface area contributed by atoms with Gasteiger partial charge in [-0.2, -0.15) is 0 Å². The predicted molar refractivity (Wildman–Crippen MR) is 95.1 cm³/mol. The number of nitrogens with two attached hydrogens (primary N) is 1. The highest BCUT2D eigenvalue weighted by molar-refractivity contribution is 9.12. The first-order chi connectivity index (χ1) is 9.97. The van der Waals surface area contributed by atoms with E-state index in [-0.39, 0.29) is 5.88 Å². The molecule has 2 aromatic heterocycles. The van der Waals surface area contributed by atoms with Crippen molar-refractivity contribution in [2.45, 2.75) is 0 Å². The van der Waals surface area contributed by atoms with Gasteiger partial charge in [-0.15, -0.1) is 11.3 Å². The summed E-state index contributed by atoms with van der Waals surface area (Å²) in [5, 5.41) is 5.11. The van der Waals surface area contributed by atoms with Crippen LogP contribution in [0.4, 0.5) is 5.88 Å². The zero-order valence-corrected chi connectivity index (χ0v) is 15.7. The fourth-order valence-electron chi connectivity index (χ4n) is 1.94. The molecule has 3 nitrogen and oxygen atoms in total. The number of hydrogen-bond acceptors (Lipinski definition) is 4. The number of halogens is 4. The summed E-state index contributed by atoms with van der Waals surface area (Å²) in [6.07, 6.45) is 0. The maximum absolute atomic E-state index is 6.27. The van der Waals surface area contributed by atoms with E-state index in [0.717, 1.165) is 18.7 Å². The van der Waals surface area contributed by atoms with Gasteiger partial charge in [-0.25, -0.2) is 0 Å². The van der Waals surface area contributed by atoms with E-state index in [4.69, 9.17) is 33.5 Å². The summed E-state index contributed by atoms with van der Waals surface area (Å²) in [4.78, 5) is 0. The SMILES string of the molecule is Nc1onc(-c2cc(Br)sc2Br)c1-c1ccc(Cl)cc1Cl. The molecular formula is C13H6Br2Cl2N2OS. The molecule has 2 heterocycles. The molecule has 0 fully saturated rings. The molecule has 3 aromatic rings. The lowest BCUT2D eigenvalue weighted by atomic mass is 10.0. The molecular weight excluding hydrogens is 463 g/mol. The topological polar surface area (TPSA) is 52.0 Å². The molecule has 2 N–H and O–H groups in total. The third-order valence-electron chi connectivity index (χ3n) is 2.83. The number of thiophene rings is 1. The van der Waals surface area contributed by atoms with Gasteiger partial charge in [-0.3, -0.25) is 0 Å². The smallest absolute Gasteiger partial charge is 0.230 e. The molecule has 108 valence electrons. The van der Waals surface area contributed by atoms with E-state index in [1.165, 1.54) is 0 Å². The largest absolute Gasteiger partial charge is 0.367 e. The van der Waals surface area contributed by atoms with Crippen molar-refractivity contribution in [1.29, 1.82) is 0 Å². The molecule has 3 rings (SSSR count).